The molecule has 2 N–H and O–H groups in total. The van der Waals surface area contributed by atoms with Crippen LogP contribution in [-0.4, -0.2) is 36.8 Å². The molecule has 1 aliphatic rings. The Balaban J connectivity index is 1.96. The molecule has 1 fully saturated rings. The molecular formula is C13H17ClN2O2. The zero-order chi connectivity index (χ0) is 13.0. The van der Waals surface area contributed by atoms with Crippen molar-refractivity contribution in [1.82, 2.24) is 5.32 Å². The third kappa shape index (κ3) is 3.62. The van der Waals surface area contributed by atoms with Crippen LogP contribution in [0.1, 0.15) is 12.8 Å². The summed E-state index contributed by atoms with van der Waals surface area (Å²) in [7, 11) is 0. The van der Waals surface area contributed by atoms with E-state index >= 15 is 0 Å². The van der Waals surface area contributed by atoms with Gasteiger partial charge in [0.15, 0.2) is 0 Å². The van der Waals surface area contributed by atoms with Crippen LogP contribution in [0, 0.1) is 0 Å². The molecule has 0 aliphatic carbocycles. The molecule has 5 heteroatoms. The van der Waals surface area contributed by atoms with Gasteiger partial charge < -0.3 is 15.3 Å². The number of nitrogens with zero attached hydrogens (tertiary/aromatic N) is 1. The molecule has 1 heterocycles. The summed E-state index contributed by atoms with van der Waals surface area (Å²) in [5.41, 5.74) is 1.10. The van der Waals surface area contributed by atoms with Gasteiger partial charge in [0.25, 0.3) is 0 Å². The largest absolute Gasteiger partial charge is 0.481 e. The number of carbonyl (C=O) groups is 1. The highest BCUT2D eigenvalue weighted by atomic mass is 35.5. The van der Waals surface area contributed by atoms with E-state index in [0.717, 1.165) is 30.3 Å². The molecule has 1 saturated heterocycles. The lowest BCUT2D eigenvalue weighted by Crippen LogP contribution is -2.50. The van der Waals surface area contributed by atoms with E-state index in [-0.39, 0.29) is 12.5 Å². The molecule has 1 aromatic rings. The summed E-state index contributed by atoms with van der Waals surface area (Å²) in [4.78, 5) is 12.8. The maximum absolute atomic E-state index is 10.6. The molecule has 18 heavy (non-hydrogen) atoms. The summed E-state index contributed by atoms with van der Waals surface area (Å²) in [6.45, 7) is 2.62. The van der Waals surface area contributed by atoms with Crippen molar-refractivity contribution >= 4 is 23.3 Å². The molecular weight excluding hydrogens is 252 g/mol. The Morgan fingerprint density at radius 1 is 1.56 bits per heavy atom. The molecule has 1 atom stereocenters. The number of rotatable bonds is 4. The molecule has 0 bridgehead atoms. The Morgan fingerprint density at radius 3 is 3.11 bits per heavy atom. The van der Waals surface area contributed by atoms with Crippen LogP contribution in [0.4, 0.5) is 5.69 Å². The monoisotopic (exact) mass is 268 g/mol. The fraction of sp³-hybridized carbons (Fsp3) is 0.462. The van der Waals surface area contributed by atoms with E-state index in [4.69, 9.17) is 16.7 Å². The summed E-state index contributed by atoms with van der Waals surface area (Å²) in [6, 6.07) is 8.00. The van der Waals surface area contributed by atoms with E-state index in [1.165, 1.54) is 0 Å². The first-order valence-electron chi connectivity index (χ1n) is 6.11. The third-order valence-corrected chi connectivity index (χ3v) is 3.37. The number of aliphatic carboxylic acids is 1. The Hall–Kier alpha value is -1.26. The number of hydrogen-bond acceptors (Lipinski definition) is 3. The molecule has 2 rings (SSSR count). The van der Waals surface area contributed by atoms with Crippen LogP contribution in [-0.2, 0) is 4.79 Å². The Kier molecular flexibility index (Phi) is 4.44. The zero-order valence-corrected chi connectivity index (χ0v) is 10.9. The van der Waals surface area contributed by atoms with Crippen molar-refractivity contribution in [3.63, 3.8) is 0 Å². The van der Waals surface area contributed by atoms with Crippen LogP contribution in [0.25, 0.3) is 0 Å². The van der Waals surface area contributed by atoms with E-state index in [1.807, 2.05) is 24.3 Å². The molecule has 0 saturated carbocycles. The number of carboxylic acids is 1. The van der Waals surface area contributed by atoms with E-state index in [0.29, 0.717) is 6.42 Å². The fourth-order valence-electron chi connectivity index (χ4n) is 2.22. The molecule has 0 spiro atoms. The molecule has 0 radical (unpaired) electrons. The molecule has 98 valence electrons. The second-order valence-corrected chi connectivity index (χ2v) is 4.95. The number of carboxylic acid groups (broad SMARTS) is 1. The van der Waals surface area contributed by atoms with Crippen molar-refractivity contribution in [3.05, 3.63) is 29.3 Å². The molecule has 1 aliphatic heterocycles. The average Bonchev–Trinajstić information content (AvgIpc) is 2.37. The number of piperazine rings is 1. The second-order valence-electron chi connectivity index (χ2n) is 4.51. The Morgan fingerprint density at radius 2 is 2.39 bits per heavy atom. The lowest BCUT2D eigenvalue weighted by Gasteiger charge is -2.35. The second kappa shape index (κ2) is 6.07. The van der Waals surface area contributed by atoms with Crippen molar-refractivity contribution in [1.29, 1.82) is 0 Å². The Bertz CT molecular complexity index is 425. The van der Waals surface area contributed by atoms with Gasteiger partial charge in [0.1, 0.15) is 0 Å². The zero-order valence-electron chi connectivity index (χ0n) is 10.1. The van der Waals surface area contributed by atoms with Crippen LogP contribution >= 0.6 is 11.6 Å². The van der Waals surface area contributed by atoms with Crippen LogP contribution in [0.15, 0.2) is 24.3 Å². The van der Waals surface area contributed by atoms with E-state index in [9.17, 15) is 4.79 Å². The van der Waals surface area contributed by atoms with Gasteiger partial charge in [0.05, 0.1) is 0 Å². The third-order valence-electron chi connectivity index (χ3n) is 3.14. The average molecular weight is 269 g/mol. The van der Waals surface area contributed by atoms with Gasteiger partial charge in [-0.25, -0.2) is 0 Å². The van der Waals surface area contributed by atoms with Crippen LogP contribution < -0.4 is 10.2 Å². The normalized spacial score (nSPS) is 19.8. The van der Waals surface area contributed by atoms with Crippen molar-refractivity contribution in [3.8, 4) is 0 Å². The maximum Gasteiger partial charge on any atom is 0.303 e. The van der Waals surface area contributed by atoms with Crippen LogP contribution in [0.3, 0.4) is 0 Å². The summed E-state index contributed by atoms with van der Waals surface area (Å²) in [5.74, 6) is -0.739. The van der Waals surface area contributed by atoms with Gasteiger partial charge in [-0.1, -0.05) is 17.7 Å². The molecule has 1 unspecified atom stereocenters. The number of halogens is 1. The predicted molar refractivity (Wildman–Crippen MR) is 72.3 cm³/mol. The van der Waals surface area contributed by atoms with E-state index in [2.05, 4.69) is 10.2 Å². The summed E-state index contributed by atoms with van der Waals surface area (Å²) in [6.07, 6.45) is 0.869. The predicted octanol–water partition coefficient (Wildman–Crippen LogP) is 1.98. The van der Waals surface area contributed by atoms with Gasteiger partial charge in [0.2, 0.25) is 0 Å². The maximum atomic E-state index is 10.6. The molecule has 1 aromatic carbocycles. The van der Waals surface area contributed by atoms with Crippen LogP contribution in [0.2, 0.25) is 5.02 Å². The van der Waals surface area contributed by atoms with Gasteiger partial charge in [-0.2, -0.15) is 0 Å². The lowest BCUT2D eigenvalue weighted by atomic mass is 10.1. The van der Waals surface area contributed by atoms with Crippen molar-refractivity contribution in [2.75, 3.05) is 24.5 Å². The van der Waals surface area contributed by atoms with Crippen LogP contribution in [0.5, 0.6) is 0 Å². The first-order valence-corrected chi connectivity index (χ1v) is 6.48. The smallest absolute Gasteiger partial charge is 0.303 e. The highest BCUT2D eigenvalue weighted by Crippen LogP contribution is 2.21. The molecule has 0 amide bonds. The SMILES string of the molecule is O=C(O)CCC1CN(c2cccc(Cl)c2)CCN1. The van der Waals surface area contributed by atoms with E-state index < -0.39 is 5.97 Å². The standard InChI is InChI=1S/C13H17ClN2O2/c14-10-2-1-3-12(8-10)16-7-6-15-11(9-16)4-5-13(17)18/h1-3,8,11,15H,4-7,9H2,(H,17,18). The van der Waals surface area contributed by atoms with Gasteiger partial charge >= 0.3 is 5.97 Å². The Labute approximate surface area is 112 Å². The highest BCUT2D eigenvalue weighted by molar-refractivity contribution is 6.30. The van der Waals surface area contributed by atoms with Crippen molar-refractivity contribution in [2.45, 2.75) is 18.9 Å². The van der Waals surface area contributed by atoms with Gasteiger partial charge in [-0.05, 0) is 24.6 Å². The summed E-state index contributed by atoms with van der Waals surface area (Å²) < 4.78 is 0. The minimum absolute atomic E-state index is 0.209. The highest BCUT2D eigenvalue weighted by Gasteiger charge is 2.20. The van der Waals surface area contributed by atoms with E-state index in [1.54, 1.807) is 0 Å². The number of nitrogens with one attached hydrogen (secondary N) is 1. The van der Waals surface area contributed by atoms with Crippen molar-refractivity contribution in [2.24, 2.45) is 0 Å². The van der Waals surface area contributed by atoms with Gasteiger partial charge in [0, 0.05) is 42.8 Å². The molecule has 4 nitrogen and oxygen atoms in total. The lowest BCUT2D eigenvalue weighted by molar-refractivity contribution is -0.137. The number of benzene rings is 1. The summed E-state index contributed by atoms with van der Waals surface area (Å²) >= 11 is 5.98. The minimum Gasteiger partial charge on any atom is -0.481 e. The topological polar surface area (TPSA) is 52.6 Å². The van der Waals surface area contributed by atoms with Crippen molar-refractivity contribution < 1.29 is 9.90 Å². The number of hydrogen-bond donors (Lipinski definition) is 2. The fourth-order valence-corrected chi connectivity index (χ4v) is 2.41. The van der Waals surface area contributed by atoms with Gasteiger partial charge in [-0.15, -0.1) is 0 Å². The number of anilines is 1. The summed E-state index contributed by atoms with van der Waals surface area (Å²) in [5, 5.41) is 12.8. The van der Waals surface area contributed by atoms with Gasteiger partial charge in [-0.3, -0.25) is 4.79 Å². The first-order chi connectivity index (χ1) is 8.65. The first kappa shape index (κ1) is 13.2. The molecule has 0 aromatic heterocycles. The minimum atomic E-state index is -0.739. The quantitative estimate of drug-likeness (QED) is 0.877.